The number of phenolic OH excluding ortho intramolecular Hbond substituents is 1. The first kappa shape index (κ1) is 15.3. The van der Waals surface area contributed by atoms with Crippen LogP contribution in [0.15, 0.2) is 12.1 Å². The number of fused-ring (bicyclic) bond motifs is 1. The van der Waals surface area contributed by atoms with E-state index in [1.54, 1.807) is 20.3 Å². The number of rotatable bonds is 5. The number of nitrogens with one attached hydrogen (secondary N) is 1. The molecule has 1 aromatic carbocycles. The van der Waals surface area contributed by atoms with Crippen molar-refractivity contribution in [2.24, 2.45) is 0 Å². The van der Waals surface area contributed by atoms with Crippen LogP contribution in [0.4, 0.5) is 0 Å². The largest absolute Gasteiger partial charge is 0.508 e. The molecule has 1 aliphatic carbocycles. The maximum Gasteiger partial charge on any atom is 0.171 e. The number of aryl methyl sites for hydroxylation is 1. The first-order valence-electron chi connectivity index (χ1n) is 7.13. The topological polar surface area (TPSA) is 50.7 Å². The van der Waals surface area contributed by atoms with Crippen LogP contribution < -0.4 is 5.32 Å². The fourth-order valence-corrected chi connectivity index (χ4v) is 3.40. The molecule has 4 heteroatoms. The molecule has 0 fully saturated rings. The lowest BCUT2D eigenvalue weighted by Crippen LogP contribution is -2.41. The van der Waals surface area contributed by atoms with E-state index in [2.05, 4.69) is 19.2 Å². The standard InChI is InChI=1S/C16H25NO3/c1-9-6-7-13(18)15-12(8-10(2)14(9)15)17-11(3)16(19-4)20-5/h6-7,10-12,16-18H,8H2,1-5H3. The van der Waals surface area contributed by atoms with E-state index in [1.165, 1.54) is 11.1 Å². The van der Waals surface area contributed by atoms with E-state index >= 15 is 0 Å². The van der Waals surface area contributed by atoms with Crippen molar-refractivity contribution in [3.63, 3.8) is 0 Å². The van der Waals surface area contributed by atoms with E-state index in [4.69, 9.17) is 9.47 Å². The minimum absolute atomic E-state index is 0.0491. The van der Waals surface area contributed by atoms with Gasteiger partial charge in [-0.05, 0) is 43.4 Å². The SMILES string of the molecule is COC(OC)C(C)NC1CC(C)c2c(C)ccc(O)c21. The summed E-state index contributed by atoms with van der Waals surface area (Å²) in [5, 5.41) is 13.7. The van der Waals surface area contributed by atoms with Crippen molar-refractivity contribution in [2.75, 3.05) is 14.2 Å². The number of hydrogen-bond acceptors (Lipinski definition) is 4. The van der Waals surface area contributed by atoms with Gasteiger partial charge in [0.2, 0.25) is 0 Å². The van der Waals surface area contributed by atoms with E-state index in [1.807, 2.05) is 13.0 Å². The number of aromatic hydroxyl groups is 1. The van der Waals surface area contributed by atoms with Gasteiger partial charge >= 0.3 is 0 Å². The predicted molar refractivity (Wildman–Crippen MR) is 79.0 cm³/mol. The van der Waals surface area contributed by atoms with Gasteiger partial charge in [-0.3, -0.25) is 0 Å². The van der Waals surface area contributed by atoms with Gasteiger partial charge in [-0.1, -0.05) is 13.0 Å². The predicted octanol–water partition coefficient (Wildman–Crippen LogP) is 2.85. The molecular weight excluding hydrogens is 254 g/mol. The maximum atomic E-state index is 10.2. The number of hydrogen-bond donors (Lipinski definition) is 2. The zero-order valence-corrected chi connectivity index (χ0v) is 12.9. The summed E-state index contributed by atoms with van der Waals surface area (Å²) in [5.74, 6) is 0.830. The van der Waals surface area contributed by atoms with Crippen LogP contribution >= 0.6 is 0 Å². The van der Waals surface area contributed by atoms with Gasteiger partial charge in [0.25, 0.3) is 0 Å². The van der Waals surface area contributed by atoms with E-state index in [9.17, 15) is 5.11 Å². The Bertz CT molecular complexity index is 471. The number of phenols is 1. The summed E-state index contributed by atoms with van der Waals surface area (Å²) in [7, 11) is 3.28. The van der Waals surface area contributed by atoms with E-state index in [-0.39, 0.29) is 18.4 Å². The Hall–Kier alpha value is -1.10. The zero-order valence-electron chi connectivity index (χ0n) is 12.9. The van der Waals surface area contributed by atoms with Crippen molar-refractivity contribution >= 4 is 0 Å². The van der Waals surface area contributed by atoms with Crippen LogP contribution in [0.1, 0.15) is 48.9 Å². The molecule has 0 aromatic heterocycles. The van der Waals surface area contributed by atoms with Crippen molar-refractivity contribution in [1.29, 1.82) is 0 Å². The van der Waals surface area contributed by atoms with Crippen LogP contribution in [0.2, 0.25) is 0 Å². The molecule has 3 atom stereocenters. The minimum Gasteiger partial charge on any atom is -0.508 e. The third-order valence-electron chi connectivity index (χ3n) is 4.25. The molecule has 0 radical (unpaired) electrons. The van der Waals surface area contributed by atoms with Crippen molar-refractivity contribution in [3.05, 3.63) is 28.8 Å². The second-order valence-corrected chi connectivity index (χ2v) is 5.71. The van der Waals surface area contributed by atoms with Gasteiger partial charge in [-0.15, -0.1) is 0 Å². The molecule has 112 valence electrons. The smallest absolute Gasteiger partial charge is 0.171 e. The lowest BCUT2D eigenvalue weighted by atomic mass is 9.97. The number of ether oxygens (including phenoxy) is 2. The third-order valence-corrected chi connectivity index (χ3v) is 4.25. The highest BCUT2D eigenvalue weighted by Gasteiger charge is 2.33. The molecule has 20 heavy (non-hydrogen) atoms. The molecule has 4 nitrogen and oxygen atoms in total. The van der Waals surface area contributed by atoms with Gasteiger partial charge in [0.05, 0.1) is 6.04 Å². The average molecular weight is 279 g/mol. The van der Waals surface area contributed by atoms with Gasteiger partial charge in [0, 0.05) is 25.8 Å². The molecule has 0 saturated heterocycles. The van der Waals surface area contributed by atoms with Crippen LogP contribution in [-0.2, 0) is 9.47 Å². The summed E-state index contributed by atoms with van der Waals surface area (Å²) >= 11 is 0. The normalized spacial score (nSPS) is 23.1. The fraction of sp³-hybridized carbons (Fsp3) is 0.625. The van der Waals surface area contributed by atoms with Gasteiger partial charge in [0.1, 0.15) is 5.75 Å². The fourth-order valence-electron chi connectivity index (χ4n) is 3.40. The van der Waals surface area contributed by atoms with Crippen molar-refractivity contribution in [2.45, 2.75) is 51.5 Å². The number of methoxy groups -OCH3 is 2. The second-order valence-electron chi connectivity index (χ2n) is 5.71. The highest BCUT2D eigenvalue weighted by Crippen LogP contribution is 2.46. The van der Waals surface area contributed by atoms with Crippen molar-refractivity contribution in [3.8, 4) is 5.75 Å². The number of benzene rings is 1. The Morgan fingerprint density at radius 1 is 1.25 bits per heavy atom. The minimum atomic E-state index is -0.290. The Labute approximate surface area is 121 Å². The summed E-state index contributed by atoms with van der Waals surface area (Å²) < 4.78 is 10.6. The Morgan fingerprint density at radius 2 is 1.90 bits per heavy atom. The molecular formula is C16H25NO3. The monoisotopic (exact) mass is 279 g/mol. The quantitative estimate of drug-likeness (QED) is 0.814. The Kier molecular flexibility index (Phi) is 4.68. The van der Waals surface area contributed by atoms with E-state index in [0.29, 0.717) is 11.7 Å². The van der Waals surface area contributed by atoms with Gasteiger partial charge in [-0.25, -0.2) is 0 Å². The molecule has 2 N–H and O–H groups in total. The lowest BCUT2D eigenvalue weighted by Gasteiger charge is -2.26. The summed E-state index contributed by atoms with van der Waals surface area (Å²) in [6.07, 6.45) is 0.694. The van der Waals surface area contributed by atoms with Crippen molar-refractivity contribution < 1.29 is 14.6 Å². The second kappa shape index (κ2) is 6.12. The molecule has 1 aromatic rings. The molecule has 0 amide bonds. The molecule has 2 rings (SSSR count). The van der Waals surface area contributed by atoms with Crippen LogP contribution in [-0.4, -0.2) is 31.7 Å². The van der Waals surface area contributed by atoms with Crippen LogP contribution in [0.3, 0.4) is 0 Å². The Morgan fingerprint density at radius 3 is 2.50 bits per heavy atom. The van der Waals surface area contributed by atoms with Crippen LogP contribution in [0, 0.1) is 6.92 Å². The van der Waals surface area contributed by atoms with Gasteiger partial charge < -0.3 is 19.9 Å². The molecule has 0 saturated carbocycles. The van der Waals surface area contributed by atoms with Crippen molar-refractivity contribution in [1.82, 2.24) is 5.32 Å². The molecule has 0 aliphatic heterocycles. The highest BCUT2D eigenvalue weighted by molar-refractivity contribution is 5.50. The van der Waals surface area contributed by atoms with E-state index < -0.39 is 0 Å². The molecule has 1 aliphatic rings. The zero-order chi connectivity index (χ0) is 14.9. The molecule has 0 heterocycles. The third kappa shape index (κ3) is 2.68. The van der Waals surface area contributed by atoms with Gasteiger partial charge in [0.15, 0.2) is 6.29 Å². The maximum absolute atomic E-state index is 10.2. The summed E-state index contributed by atoms with van der Waals surface area (Å²) in [6, 6.07) is 3.97. The van der Waals surface area contributed by atoms with Crippen LogP contribution in [0.25, 0.3) is 0 Å². The summed E-state index contributed by atoms with van der Waals surface area (Å²) in [5.41, 5.74) is 3.56. The van der Waals surface area contributed by atoms with Gasteiger partial charge in [-0.2, -0.15) is 0 Å². The first-order valence-corrected chi connectivity index (χ1v) is 7.13. The summed E-state index contributed by atoms with van der Waals surface area (Å²) in [6.45, 7) is 6.35. The molecule has 3 unspecified atom stereocenters. The van der Waals surface area contributed by atoms with E-state index in [0.717, 1.165) is 12.0 Å². The summed E-state index contributed by atoms with van der Waals surface area (Å²) in [4.78, 5) is 0. The highest BCUT2D eigenvalue weighted by atomic mass is 16.7. The first-order chi connectivity index (χ1) is 9.49. The molecule has 0 bridgehead atoms. The van der Waals surface area contributed by atoms with Crippen LogP contribution in [0.5, 0.6) is 5.75 Å². The lowest BCUT2D eigenvalue weighted by molar-refractivity contribution is -0.121. The Balaban J connectivity index is 2.24. The molecule has 0 spiro atoms. The average Bonchev–Trinajstić information content (AvgIpc) is 2.73.